The standard InChI is InChI=1S/C22H14N4O2/c23-13-14-6-5-7-15(12-14)20-24-21(16-8-1-3-10-18(16)27)26-22(25-20)17-9-2-4-11-19(17)28/h1-12,27-28H. The highest BCUT2D eigenvalue weighted by atomic mass is 16.3. The van der Waals surface area contributed by atoms with Gasteiger partial charge in [-0.25, -0.2) is 15.0 Å². The molecule has 6 heteroatoms. The van der Waals surface area contributed by atoms with Crippen LogP contribution in [-0.2, 0) is 0 Å². The first kappa shape index (κ1) is 17.2. The molecule has 4 rings (SSSR count). The van der Waals surface area contributed by atoms with Crippen molar-refractivity contribution in [3.8, 4) is 51.7 Å². The van der Waals surface area contributed by atoms with E-state index in [2.05, 4.69) is 21.0 Å². The summed E-state index contributed by atoms with van der Waals surface area (Å²) < 4.78 is 0. The third kappa shape index (κ3) is 3.24. The fourth-order valence-electron chi connectivity index (χ4n) is 2.80. The van der Waals surface area contributed by atoms with Gasteiger partial charge in [-0.3, -0.25) is 0 Å². The molecule has 0 unspecified atom stereocenters. The second-order valence-electron chi connectivity index (χ2n) is 6.03. The lowest BCUT2D eigenvalue weighted by atomic mass is 10.1. The summed E-state index contributed by atoms with van der Waals surface area (Å²) in [6, 6.07) is 22.5. The predicted molar refractivity (Wildman–Crippen MR) is 104 cm³/mol. The molecule has 0 saturated carbocycles. The molecule has 0 saturated heterocycles. The van der Waals surface area contributed by atoms with Gasteiger partial charge in [-0.1, -0.05) is 36.4 Å². The van der Waals surface area contributed by atoms with Gasteiger partial charge in [0.2, 0.25) is 0 Å². The van der Waals surface area contributed by atoms with E-state index < -0.39 is 0 Å². The van der Waals surface area contributed by atoms with Crippen molar-refractivity contribution >= 4 is 0 Å². The molecule has 6 nitrogen and oxygen atoms in total. The highest BCUT2D eigenvalue weighted by molar-refractivity contribution is 5.71. The number of benzene rings is 3. The van der Waals surface area contributed by atoms with Gasteiger partial charge in [0.05, 0.1) is 22.8 Å². The van der Waals surface area contributed by atoms with E-state index in [9.17, 15) is 15.5 Å². The second-order valence-corrected chi connectivity index (χ2v) is 6.03. The van der Waals surface area contributed by atoms with Crippen LogP contribution < -0.4 is 0 Å². The molecule has 0 bridgehead atoms. The smallest absolute Gasteiger partial charge is 0.167 e. The van der Waals surface area contributed by atoms with E-state index in [0.29, 0.717) is 28.1 Å². The van der Waals surface area contributed by atoms with Gasteiger partial charge in [0.25, 0.3) is 0 Å². The van der Waals surface area contributed by atoms with Crippen molar-refractivity contribution in [1.29, 1.82) is 5.26 Å². The van der Waals surface area contributed by atoms with Crippen molar-refractivity contribution in [1.82, 2.24) is 15.0 Å². The normalized spacial score (nSPS) is 10.4. The van der Waals surface area contributed by atoms with E-state index >= 15 is 0 Å². The van der Waals surface area contributed by atoms with E-state index in [1.54, 1.807) is 72.8 Å². The molecule has 0 radical (unpaired) electrons. The van der Waals surface area contributed by atoms with Crippen LogP contribution >= 0.6 is 0 Å². The minimum Gasteiger partial charge on any atom is -0.507 e. The van der Waals surface area contributed by atoms with Crippen LogP contribution in [0.3, 0.4) is 0 Å². The van der Waals surface area contributed by atoms with Gasteiger partial charge in [0.1, 0.15) is 11.5 Å². The van der Waals surface area contributed by atoms with Crippen LogP contribution in [-0.4, -0.2) is 25.2 Å². The van der Waals surface area contributed by atoms with Gasteiger partial charge in [0.15, 0.2) is 17.5 Å². The Morgan fingerprint density at radius 1 is 0.643 bits per heavy atom. The first-order valence-corrected chi connectivity index (χ1v) is 8.49. The van der Waals surface area contributed by atoms with E-state index in [-0.39, 0.29) is 23.1 Å². The lowest BCUT2D eigenvalue weighted by Crippen LogP contribution is -2.00. The van der Waals surface area contributed by atoms with Crippen LogP contribution in [0, 0.1) is 11.3 Å². The number of nitriles is 1. The zero-order valence-corrected chi connectivity index (χ0v) is 14.6. The van der Waals surface area contributed by atoms with Crippen LogP contribution in [0.4, 0.5) is 0 Å². The Balaban J connectivity index is 1.97. The highest BCUT2D eigenvalue weighted by Crippen LogP contribution is 2.32. The molecule has 0 spiro atoms. The predicted octanol–water partition coefficient (Wildman–Crippen LogP) is 4.16. The van der Waals surface area contributed by atoms with Crippen LogP contribution in [0.15, 0.2) is 72.8 Å². The number of para-hydroxylation sites is 2. The maximum absolute atomic E-state index is 10.2. The van der Waals surface area contributed by atoms with Crippen LogP contribution in [0.25, 0.3) is 34.2 Å². The molecule has 0 aliphatic heterocycles. The number of phenolic OH excluding ortho intramolecular Hbond substituents is 2. The Morgan fingerprint density at radius 2 is 1.18 bits per heavy atom. The Bertz CT molecular complexity index is 1150. The summed E-state index contributed by atoms with van der Waals surface area (Å²) in [4.78, 5) is 13.4. The number of aromatic hydroxyl groups is 2. The topological polar surface area (TPSA) is 103 Å². The van der Waals surface area contributed by atoms with Crippen LogP contribution in [0.1, 0.15) is 5.56 Å². The molecule has 4 aromatic rings. The van der Waals surface area contributed by atoms with Crippen molar-refractivity contribution in [2.45, 2.75) is 0 Å². The summed E-state index contributed by atoms with van der Waals surface area (Å²) in [5.41, 5.74) is 2.00. The minimum atomic E-state index is 0.0358. The van der Waals surface area contributed by atoms with Gasteiger partial charge in [0, 0.05) is 5.56 Å². The average Bonchev–Trinajstić information content (AvgIpc) is 2.74. The zero-order valence-electron chi connectivity index (χ0n) is 14.6. The first-order chi connectivity index (χ1) is 13.7. The van der Waals surface area contributed by atoms with Crippen molar-refractivity contribution in [2.24, 2.45) is 0 Å². The van der Waals surface area contributed by atoms with Crippen LogP contribution in [0.5, 0.6) is 11.5 Å². The summed E-state index contributed by atoms with van der Waals surface area (Å²) in [5, 5.41) is 29.6. The summed E-state index contributed by atoms with van der Waals surface area (Å²) in [6.45, 7) is 0. The Hall–Kier alpha value is -4.24. The second kappa shape index (κ2) is 7.17. The molecule has 2 N–H and O–H groups in total. The fourth-order valence-corrected chi connectivity index (χ4v) is 2.80. The van der Waals surface area contributed by atoms with Crippen LogP contribution in [0.2, 0.25) is 0 Å². The van der Waals surface area contributed by atoms with E-state index in [0.717, 1.165) is 0 Å². The molecular formula is C22H14N4O2. The van der Waals surface area contributed by atoms with Gasteiger partial charge in [-0.05, 0) is 36.4 Å². The largest absolute Gasteiger partial charge is 0.507 e. The number of aromatic nitrogens is 3. The quantitative estimate of drug-likeness (QED) is 0.564. The SMILES string of the molecule is N#Cc1cccc(-c2nc(-c3ccccc3O)nc(-c3ccccc3O)n2)c1. The lowest BCUT2D eigenvalue weighted by Gasteiger charge is -2.10. The first-order valence-electron chi connectivity index (χ1n) is 8.49. The molecule has 1 aromatic heterocycles. The number of hydrogen-bond acceptors (Lipinski definition) is 6. The molecule has 0 aliphatic carbocycles. The molecule has 0 atom stereocenters. The molecule has 0 aliphatic rings. The number of rotatable bonds is 3. The highest BCUT2D eigenvalue weighted by Gasteiger charge is 2.16. The molecule has 0 fully saturated rings. The number of phenols is 2. The van der Waals surface area contributed by atoms with Gasteiger partial charge in [-0.15, -0.1) is 0 Å². The Morgan fingerprint density at radius 3 is 1.71 bits per heavy atom. The molecule has 0 amide bonds. The molecule has 28 heavy (non-hydrogen) atoms. The van der Waals surface area contributed by atoms with Gasteiger partial charge < -0.3 is 10.2 Å². The summed E-state index contributed by atoms with van der Waals surface area (Å²) in [5.74, 6) is 0.943. The third-order valence-corrected chi connectivity index (χ3v) is 4.18. The fraction of sp³-hybridized carbons (Fsp3) is 0. The van der Waals surface area contributed by atoms with Crippen molar-refractivity contribution in [3.05, 3.63) is 78.4 Å². The van der Waals surface area contributed by atoms with Crippen molar-refractivity contribution in [3.63, 3.8) is 0 Å². The van der Waals surface area contributed by atoms with E-state index in [1.165, 1.54) is 0 Å². The molecular weight excluding hydrogens is 352 g/mol. The van der Waals surface area contributed by atoms with E-state index in [1.807, 2.05) is 0 Å². The molecule has 134 valence electrons. The maximum Gasteiger partial charge on any atom is 0.167 e. The van der Waals surface area contributed by atoms with Crippen molar-refractivity contribution < 1.29 is 10.2 Å². The van der Waals surface area contributed by atoms with E-state index in [4.69, 9.17) is 0 Å². The molecule has 1 heterocycles. The Kier molecular flexibility index (Phi) is 4.40. The van der Waals surface area contributed by atoms with Gasteiger partial charge in [-0.2, -0.15) is 5.26 Å². The monoisotopic (exact) mass is 366 g/mol. The summed E-state index contributed by atoms with van der Waals surface area (Å²) in [7, 11) is 0. The zero-order chi connectivity index (χ0) is 19.5. The number of nitrogens with zero attached hydrogens (tertiary/aromatic N) is 4. The lowest BCUT2D eigenvalue weighted by molar-refractivity contribution is 0.477. The Labute approximate surface area is 161 Å². The summed E-state index contributed by atoms with van der Waals surface area (Å²) >= 11 is 0. The minimum absolute atomic E-state index is 0.0358. The molecule has 3 aromatic carbocycles. The average molecular weight is 366 g/mol. The maximum atomic E-state index is 10.2. The number of hydrogen-bond donors (Lipinski definition) is 2. The van der Waals surface area contributed by atoms with Gasteiger partial charge >= 0.3 is 0 Å². The summed E-state index contributed by atoms with van der Waals surface area (Å²) in [6.07, 6.45) is 0. The third-order valence-electron chi connectivity index (χ3n) is 4.18. The van der Waals surface area contributed by atoms with Crippen molar-refractivity contribution in [2.75, 3.05) is 0 Å².